The van der Waals surface area contributed by atoms with Gasteiger partial charge in [-0.3, -0.25) is 0 Å². The molecule has 0 bridgehead atoms. The summed E-state index contributed by atoms with van der Waals surface area (Å²) in [5, 5.41) is 16.0. The van der Waals surface area contributed by atoms with E-state index < -0.39 is 16.1 Å². The molecule has 0 amide bonds. The van der Waals surface area contributed by atoms with Gasteiger partial charge in [0.2, 0.25) is 0 Å². The minimum absolute atomic E-state index is 0. The molecule has 0 aliphatic rings. The van der Waals surface area contributed by atoms with Gasteiger partial charge >= 0.3 is 41.5 Å². The third-order valence-electron chi connectivity index (χ3n) is 10.0. The van der Waals surface area contributed by atoms with Gasteiger partial charge in [0.05, 0.1) is 27.5 Å². The van der Waals surface area contributed by atoms with Crippen LogP contribution in [0.2, 0.25) is 26.2 Å². The van der Waals surface area contributed by atoms with Gasteiger partial charge in [0.15, 0.2) is 0 Å². The molecule has 0 saturated carbocycles. The van der Waals surface area contributed by atoms with Crippen molar-refractivity contribution in [3.63, 3.8) is 0 Å². The normalized spacial score (nSPS) is 11.7. The van der Waals surface area contributed by atoms with Crippen molar-refractivity contribution in [2.75, 3.05) is 0 Å². The number of aromatic nitrogens is 6. The summed E-state index contributed by atoms with van der Waals surface area (Å²) in [5.74, 6) is 0.520. The van der Waals surface area contributed by atoms with Gasteiger partial charge in [-0.1, -0.05) is 61.5 Å². The van der Waals surface area contributed by atoms with Crippen molar-refractivity contribution in [1.82, 2.24) is 29.7 Å². The van der Waals surface area contributed by atoms with Crippen LogP contribution >= 0.6 is 0 Å². The Morgan fingerprint density at radius 1 is 0.509 bits per heavy atom. The zero-order valence-corrected chi connectivity index (χ0v) is 36.0. The van der Waals surface area contributed by atoms with Gasteiger partial charge in [0, 0.05) is 12.4 Å². The third-order valence-corrected chi connectivity index (χ3v) is 16.6. The molecule has 0 N–H and O–H groups in total. The van der Waals surface area contributed by atoms with Crippen molar-refractivity contribution >= 4 is 58.7 Å². The quantitative estimate of drug-likeness (QED) is 0.134. The molecule has 6 nitrogen and oxygen atoms in total. The smallest absolute Gasteiger partial charge is 0.327 e. The predicted octanol–water partition coefficient (Wildman–Crippen LogP) is 6.55. The monoisotopic (exact) mass is 993 g/mol. The summed E-state index contributed by atoms with van der Waals surface area (Å²) in [5.41, 5.74) is 7.32. The maximum atomic E-state index is 4.95. The molecule has 8 aromatic rings. The van der Waals surface area contributed by atoms with Gasteiger partial charge in [-0.25, -0.2) is 4.98 Å². The van der Waals surface area contributed by atoms with E-state index in [-0.39, 0.29) is 41.5 Å². The summed E-state index contributed by atoms with van der Waals surface area (Å²) in [6, 6.07) is 48.9. The summed E-state index contributed by atoms with van der Waals surface area (Å²) in [4.78, 5) is 14.1. The van der Waals surface area contributed by atoms with Crippen LogP contribution in [0.15, 0.2) is 109 Å². The first-order valence-corrected chi connectivity index (χ1v) is 23.1. The second kappa shape index (κ2) is 15.3. The van der Waals surface area contributed by atoms with Crippen LogP contribution in [0.1, 0.15) is 11.4 Å². The molecule has 8 rings (SSSR count). The first-order valence-electron chi connectivity index (χ1n) is 17.1. The molecule has 10 heteroatoms. The Balaban J connectivity index is 0.00000240. The topological polar surface area (TPSA) is 69.4 Å². The summed E-state index contributed by atoms with van der Waals surface area (Å²) < 4.78 is 2.11. The molecule has 4 heterocycles. The fourth-order valence-corrected chi connectivity index (χ4v) is 11.0. The minimum Gasteiger partial charge on any atom is -0.327 e. The Bertz CT molecular complexity index is 2420. The minimum atomic E-state index is -2.27. The molecule has 0 spiro atoms. The fourth-order valence-electron chi connectivity index (χ4n) is 6.63. The van der Waals surface area contributed by atoms with E-state index in [1.165, 1.54) is 20.7 Å². The van der Waals surface area contributed by atoms with Crippen LogP contribution in [-0.4, -0.2) is 45.9 Å². The Hall–Kier alpha value is -4.23. The molecule has 0 aliphatic heterocycles. The van der Waals surface area contributed by atoms with Crippen LogP contribution in [0.5, 0.6) is 0 Å². The molecule has 0 fully saturated rings. The Kier molecular flexibility index (Phi) is 11.1. The van der Waals surface area contributed by atoms with Crippen molar-refractivity contribution < 1.29 is 41.5 Å². The molecule has 0 saturated heterocycles. The molecule has 0 unspecified atom stereocenters. The number of nitrogens with zero attached hydrogens (tertiary/aromatic N) is 6. The zero-order valence-electron chi connectivity index (χ0n) is 30.2. The zero-order chi connectivity index (χ0) is 35.3. The van der Waals surface area contributed by atoms with E-state index in [1.807, 2.05) is 62.6 Å². The molecule has 0 radical (unpaired) electrons. The molecular formula is C43H36N6PdPtSi2. The fraction of sp³-hybridized carbons (Fsp3) is 0.140. The molecule has 266 valence electrons. The standard InChI is InChI=1S/C43H36N6Si2.Pd.Pt/c1-29-30(2)47-48-43(46-29)49-41-27-35(50(3,4)33-15-11-13-31(25-33)39-17-7-9-23-44-39)19-21-37(41)38-22-20-36(28-42(38)49)51(5,6)34-16-12-14-32(26-34)40-18-8-10-24-45-40;;/h7-24H,1-6H3;;/q-4;2*+2. The van der Waals surface area contributed by atoms with Gasteiger partial charge in [-0.2, -0.15) is 62.6 Å². The number of aryl methyl sites for hydroxylation is 2. The van der Waals surface area contributed by atoms with Crippen molar-refractivity contribution in [2.24, 2.45) is 0 Å². The molecule has 53 heavy (non-hydrogen) atoms. The summed E-state index contributed by atoms with van der Waals surface area (Å²) in [6.45, 7) is 13.3. The second-order valence-corrected chi connectivity index (χ2v) is 22.7. The molecule has 0 aliphatic carbocycles. The van der Waals surface area contributed by atoms with Crippen molar-refractivity contribution in [2.45, 2.75) is 40.0 Å². The molecule has 0 atom stereocenters. The third kappa shape index (κ3) is 7.10. The number of rotatable bonds is 7. The molecule has 4 aromatic heterocycles. The average molecular weight is 994 g/mol. The number of hydrogen-bond donors (Lipinski definition) is 0. The summed E-state index contributed by atoms with van der Waals surface area (Å²) >= 11 is 0. The maximum absolute atomic E-state index is 4.95. The SMILES string of the molecule is Cc1nnc(-n2c3[c-]c([Si](C)(C)c4[c-]c(-c5ccccn5)ccc4)ccc3c3ccc([Si](C)(C)c4[c-]c(-c5ccccn5)ccc4)[c-]c32)nc1C.[Pd+2].[Pt+2]. The molecule has 4 aromatic carbocycles. The van der Waals surface area contributed by atoms with Gasteiger partial charge in [0.1, 0.15) is 0 Å². The number of benzene rings is 4. The van der Waals surface area contributed by atoms with Crippen molar-refractivity contribution in [3.05, 3.63) is 145 Å². The Morgan fingerprint density at radius 2 is 0.981 bits per heavy atom. The Labute approximate surface area is 341 Å². The predicted molar refractivity (Wildman–Crippen MR) is 212 cm³/mol. The van der Waals surface area contributed by atoms with E-state index in [0.717, 1.165) is 55.7 Å². The van der Waals surface area contributed by atoms with Gasteiger partial charge in [0.25, 0.3) is 5.95 Å². The van der Waals surface area contributed by atoms with Crippen LogP contribution in [0, 0.1) is 38.1 Å². The number of hydrogen-bond acceptors (Lipinski definition) is 5. The summed E-state index contributed by atoms with van der Waals surface area (Å²) in [7, 11) is -4.54. The van der Waals surface area contributed by atoms with E-state index in [9.17, 15) is 0 Å². The van der Waals surface area contributed by atoms with Gasteiger partial charge in [-0.15, -0.1) is 75.1 Å². The molecular weight excluding hydrogens is 958 g/mol. The van der Waals surface area contributed by atoms with Crippen LogP contribution in [-0.2, 0) is 41.5 Å². The van der Waals surface area contributed by atoms with E-state index in [0.29, 0.717) is 5.95 Å². The van der Waals surface area contributed by atoms with Gasteiger partial charge in [-0.05, 0) is 37.4 Å². The van der Waals surface area contributed by atoms with Crippen LogP contribution in [0.25, 0.3) is 50.3 Å². The Morgan fingerprint density at radius 3 is 1.42 bits per heavy atom. The van der Waals surface area contributed by atoms with E-state index in [2.05, 4.69) is 136 Å². The number of pyridine rings is 2. The van der Waals surface area contributed by atoms with Crippen LogP contribution in [0.3, 0.4) is 0 Å². The largest absolute Gasteiger partial charge is 2.00 e. The summed E-state index contributed by atoms with van der Waals surface area (Å²) in [6.07, 6.45) is 3.65. The maximum Gasteiger partial charge on any atom is 2.00 e. The van der Waals surface area contributed by atoms with Crippen molar-refractivity contribution in [1.29, 1.82) is 0 Å². The van der Waals surface area contributed by atoms with E-state index in [4.69, 9.17) is 4.98 Å². The second-order valence-electron chi connectivity index (χ2n) is 14.0. The van der Waals surface area contributed by atoms with Crippen LogP contribution < -0.4 is 20.7 Å². The van der Waals surface area contributed by atoms with Crippen molar-refractivity contribution in [3.8, 4) is 28.5 Å². The van der Waals surface area contributed by atoms with E-state index >= 15 is 0 Å². The number of fused-ring (bicyclic) bond motifs is 3. The first kappa shape index (κ1) is 38.5. The average Bonchev–Trinajstić information content (AvgIpc) is 3.50. The van der Waals surface area contributed by atoms with Crippen LogP contribution in [0.4, 0.5) is 0 Å². The van der Waals surface area contributed by atoms with E-state index in [1.54, 1.807) is 0 Å². The van der Waals surface area contributed by atoms with Gasteiger partial charge < -0.3 is 14.5 Å². The first-order chi connectivity index (χ1) is 24.6.